The molecule has 2 heterocycles. The number of nitrogens with zero attached hydrogens (tertiary/aromatic N) is 3. The van der Waals surface area contributed by atoms with Gasteiger partial charge in [-0.25, -0.2) is 0 Å². The largest absolute Gasteiger partial charge is 0.480 e. The van der Waals surface area contributed by atoms with Crippen LogP contribution in [0.2, 0.25) is 0 Å². The second-order valence-electron chi connectivity index (χ2n) is 4.65. The number of aliphatic carboxylic acids is 1. The fourth-order valence-corrected chi connectivity index (χ4v) is 3.82. The van der Waals surface area contributed by atoms with Gasteiger partial charge in [-0.1, -0.05) is 0 Å². The van der Waals surface area contributed by atoms with Gasteiger partial charge >= 0.3 is 16.2 Å². The zero-order valence-corrected chi connectivity index (χ0v) is 12.0. The van der Waals surface area contributed by atoms with E-state index in [-0.39, 0.29) is 6.54 Å². The van der Waals surface area contributed by atoms with Crippen LogP contribution < -0.4 is 4.31 Å². The summed E-state index contributed by atoms with van der Waals surface area (Å²) in [6.07, 6.45) is 4.71. The molecule has 0 aliphatic carbocycles. The maximum absolute atomic E-state index is 12.6. The smallest absolute Gasteiger partial charge is 0.322 e. The Hall–Kier alpha value is -1.67. The predicted molar refractivity (Wildman–Crippen MR) is 73.5 cm³/mol. The molecular formula is C12H17N3O4S. The molecule has 1 aliphatic heterocycles. The second kappa shape index (κ2) is 5.76. The van der Waals surface area contributed by atoms with Crippen molar-refractivity contribution >= 4 is 21.9 Å². The number of aromatic nitrogens is 1. The van der Waals surface area contributed by atoms with Gasteiger partial charge in [-0.2, -0.15) is 12.7 Å². The highest BCUT2D eigenvalue weighted by Gasteiger charge is 2.39. The van der Waals surface area contributed by atoms with E-state index < -0.39 is 22.2 Å². The van der Waals surface area contributed by atoms with Crippen LogP contribution in [0, 0.1) is 0 Å². The molecule has 1 unspecified atom stereocenters. The van der Waals surface area contributed by atoms with Crippen molar-refractivity contribution in [1.82, 2.24) is 9.29 Å². The van der Waals surface area contributed by atoms with Gasteiger partial charge < -0.3 is 5.11 Å². The SMILES string of the molecule is CN(c1cccnc1)S(=O)(=O)N1CCCCC1C(=O)O. The van der Waals surface area contributed by atoms with Gasteiger partial charge in [0.05, 0.1) is 11.9 Å². The van der Waals surface area contributed by atoms with Gasteiger partial charge in [-0.05, 0) is 31.4 Å². The normalized spacial score (nSPS) is 20.6. The third kappa shape index (κ3) is 2.75. The Kier molecular flexibility index (Phi) is 4.24. The molecule has 0 saturated carbocycles. The predicted octanol–water partition coefficient (Wildman–Crippen LogP) is 0.702. The average Bonchev–Trinajstić information content (AvgIpc) is 2.47. The molecule has 1 aliphatic rings. The Morgan fingerprint density at radius 1 is 1.50 bits per heavy atom. The number of hydrogen-bond donors (Lipinski definition) is 1. The Bertz CT molecular complexity index is 576. The zero-order chi connectivity index (χ0) is 14.8. The number of rotatable bonds is 4. The lowest BCUT2D eigenvalue weighted by molar-refractivity contribution is -0.142. The lowest BCUT2D eigenvalue weighted by Crippen LogP contribution is -2.52. The molecule has 7 nitrogen and oxygen atoms in total. The molecule has 1 aromatic heterocycles. The lowest BCUT2D eigenvalue weighted by Gasteiger charge is -2.35. The second-order valence-corrected chi connectivity index (χ2v) is 6.56. The first kappa shape index (κ1) is 14.7. The fourth-order valence-electron chi connectivity index (χ4n) is 2.26. The van der Waals surface area contributed by atoms with Gasteiger partial charge in [0.25, 0.3) is 0 Å². The molecule has 110 valence electrons. The van der Waals surface area contributed by atoms with E-state index in [2.05, 4.69) is 4.98 Å². The minimum absolute atomic E-state index is 0.226. The summed E-state index contributed by atoms with van der Waals surface area (Å²) < 4.78 is 27.3. The fraction of sp³-hybridized carbons (Fsp3) is 0.500. The van der Waals surface area contributed by atoms with Crippen LogP contribution in [-0.2, 0) is 15.0 Å². The molecule has 0 bridgehead atoms. The van der Waals surface area contributed by atoms with Crippen molar-refractivity contribution in [3.05, 3.63) is 24.5 Å². The zero-order valence-electron chi connectivity index (χ0n) is 11.1. The van der Waals surface area contributed by atoms with E-state index in [1.54, 1.807) is 18.3 Å². The molecule has 1 saturated heterocycles. The van der Waals surface area contributed by atoms with Crippen LogP contribution in [0.3, 0.4) is 0 Å². The Balaban J connectivity index is 2.31. The van der Waals surface area contributed by atoms with E-state index in [0.717, 1.165) is 15.0 Å². The molecule has 0 spiro atoms. The number of carboxylic acids is 1. The van der Waals surface area contributed by atoms with Crippen LogP contribution in [0.5, 0.6) is 0 Å². The molecular weight excluding hydrogens is 282 g/mol. The minimum Gasteiger partial charge on any atom is -0.480 e. The molecule has 8 heteroatoms. The van der Waals surface area contributed by atoms with Crippen molar-refractivity contribution in [1.29, 1.82) is 0 Å². The first-order valence-electron chi connectivity index (χ1n) is 6.33. The van der Waals surface area contributed by atoms with Crippen molar-refractivity contribution in [3.8, 4) is 0 Å². The summed E-state index contributed by atoms with van der Waals surface area (Å²) in [7, 11) is -2.46. The average molecular weight is 299 g/mol. The summed E-state index contributed by atoms with van der Waals surface area (Å²) in [6, 6.07) is 2.25. The number of hydrogen-bond acceptors (Lipinski definition) is 4. The van der Waals surface area contributed by atoms with Crippen molar-refractivity contribution in [3.63, 3.8) is 0 Å². The number of anilines is 1. The highest BCUT2D eigenvalue weighted by molar-refractivity contribution is 7.90. The van der Waals surface area contributed by atoms with E-state index in [1.807, 2.05) is 0 Å². The van der Waals surface area contributed by atoms with Crippen molar-refractivity contribution < 1.29 is 18.3 Å². The van der Waals surface area contributed by atoms with Crippen LogP contribution in [-0.4, -0.2) is 48.4 Å². The molecule has 1 N–H and O–H groups in total. The van der Waals surface area contributed by atoms with Crippen LogP contribution in [0.1, 0.15) is 19.3 Å². The molecule has 2 rings (SSSR count). The highest BCUT2D eigenvalue weighted by atomic mass is 32.2. The summed E-state index contributed by atoms with van der Waals surface area (Å²) in [5.41, 5.74) is 0.405. The maximum Gasteiger partial charge on any atom is 0.322 e. The van der Waals surface area contributed by atoms with E-state index in [1.165, 1.54) is 13.2 Å². The molecule has 1 aromatic rings. The first-order chi connectivity index (χ1) is 9.44. The number of carboxylic acid groups (broad SMARTS) is 1. The quantitative estimate of drug-likeness (QED) is 0.884. The highest BCUT2D eigenvalue weighted by Crippen LogP contribution is 2.25. The van der Waals surface area contributed by atoms with Gasteiger partial charge in [0.2, 0.25) is 0 Å². The van der Waals surface area contributed by atoms with Crippen molar-refractivity contribution in [2.75, 3.05) is 17.9 Å². The van der Waals surface area contributed by atoms with E-state index in [9.17, 15) is 18.3 Å². The van der Waals surface area contributed by atoms with Gasteiger partial charge in [-0.15, -0.1) is 0 Å². The molecule has 0 radical (unpaired) electrons. The van der Waals surface area contributed by atoms with Gasteiger partial charge in [0.15, 0.2) is 0 Å². The van der Waals surface area contributed by atoms with Crippen LogP contribution in [0.15, 0.2) is 24.5 Å². The minimum atomic E-state index is -3.86. The molecule has 1 atom stereocenters. The van der Waals surface area contributed by atoms with E-state index in [0.29, 0.717) is 18.5 Å². The van der Waals surface area contributed by atoms with E-state index in [4.69, 9.17) is 0 Å². The van der Waals surface area contributed by atoms with Crippen molar-refractivity contribution in [2.24, 2.45) is 0 Å². The summed E-state index contributed by atoms with van der Waals surface area (Å²) in [6.45, 7) is 0.226. The summed E-state index contributed by atoms with van der Waals surface area (Å²) in [5.74, 6) is -1.10. The molecule has 20 heavy (non-hydrogen) atoms. The molecule has 0 aromatic carbocycles. The number of carbonyl (C=O) groups is 1. The van der Waals surface area contributed by atoms with Crippen LogP contribution in [0.4, 0.5) is 5.69 Å². The Labute approximate surface area is 118 Å². The standard InChI is InChI=1S/C12H17N3O4S/c1-14(10-5-4-7-13-9-10)20(18,19)15-8-3-2-6-11(15)12(16)17/h4-5,7,9,11H,2-3,6,8H2,1H3,(H,16,17). The van der Waals surface area contributed by atoms with Crippen LogP contribution in [0.25, 0.3) is 0 Å². The third-order valence-electron chi connectivity index (χ3n) is 3.39. The monoisotopic (exact) mass is 299 g/mol. The topological polar surface area (TPSA) is 90.8 Å². The summed E-state index contributed by atoms with van der Waals surface area (Å²) >= 11 is 0. The number of piperidine rings is 1. The third-order valence-corrected chi connectivity index (χ3v) is 5.32. The molecule has 0 amide bonds. The first-order valence-corrected chi connectivity index (χ1v) is 7.73. The lowest BCUT2D eigenvalue weighted by atomic mass is 10.1. The van der Waals surface area contributed by atoms with Gasteiger partial charge in [0.1, 0.15) is 6.04 Å². The number of pyridine rings is 1. The summed E-state index contributed by atoms with van der Waals surface area (Å²) in [4.78, 5) is 15.1. The summed E-state index contributed by atoms with van der Waals surface area (Å²) in [5, 5.41) is 9.19. The van der Waals surface area contributed by atoms with Gasteiger partial charge in [0, 0.05) is 19.8 Å². The van der Waals surface area contributed by atoms with Gasteiger partial charge in [-0.3, -0.25) is 14.1 Å². The Morgan fingerprint density at radius 3 is 2.85 bits per heavy atom. The molecule has 1 fully saturated rings. The van der Waals surface area contributed by atoms with E-state index >= 15 is 0 Å². The van der Waals surface area contributed by atoms with Crippen LogP contribution >= 0.6 is 0 Å². The Morgan fingerprint density at radius 2 is 2.25 bits per heavy atom. The van der Waals surface area contributed by atoms with Crippen molar-refractivity contribution in [2.45, 2.75) is 25.3 Å². The maximum atomic E-state index is 12.6.